The zero-order valence-corrected chi connectivity index (χ0v) is 29.0. The molecule has 0 spiro atoms. The Balaban J connectivity index is 0.000000804. The number of nitrogens with zero attached hydrogens (tertiary/aromatic N) is 2. The van der Waals surface area contributed by atoms with Gasteiger partial charge < -0.3 is 4.90 Å². The Hall–Kier alpha value is -3.58. The lowest BCUT2D eigenvalue weighted by atomic mass is 9.82. The van der Waals surface area contributed by atoms with Crippen LogP contribution in [0.3, 0.4) is 0 Å². The number of nitrogens with one attached hydrogen (secondary N) is 2. The van der Waals surface area contributed by atoms with Crippen LogP contribution < -0.4 is 10.9 Å². The van der Waals surface area contributed by atoms with E-state index in [1.165, 1.54) is 17.1 Å². The molecule has 0 aliphatic carbocycles. The van der Waals surface area contributed by atoms with Crippen LogP contribution in [0.25, 0.3) is 6.08 Å². The molecule has 2 atom stereocenters. The van der Waals surface area contributed by atoms with Crippen LogP contribution in [0.1, 0.15) is 64.5 Å². The van der Waals surface area contributed by atoms with E-state index in [4.69, 9.17) is 4.55 Å². The van der Waals surface area contributed by atoms with Gasteiger partial charge >= 0.3 is 0 Å². The molecule has 2 aromatic carbocycles. The average molecular weight is 661 g/mol. The first-order valence-corrected chi connectivity index (χ1v) is 16.9. The smallest absolute Gasteiger partial charge is 0.294 e. The van der Waals surface area contributed by atoms with E-state index in [9.17, 15) is 28.0 Å². The monoisotopic (exact) mass is 660 g/mol. The fourth-order valence-electron chi connectivity index (χ4n) is 4.60. The van der Waals surface area contributed by atoms with Crippen LogP contribution in [-0.4, -0.2) is 73.0 Å². The molecule has 3 amide bonds. The molecule has 2 rings (SSSR count). The summed E-state index contributed by atoms with van der Waals surface area (Å²) in [6.07, 6.45) is 5.45. The number of amides is 3. The van der Waals surface area contributed by atoms with E-state index in [2.05, 4.69) is 5.43 Å². The van der Waals surface area contributed by atoms with Crippen LogP contribution in [0.2, 0.25) is 0 Å². The summed E-state index contributed by atoms with van der Waals surface area (Å²) in [5.74, 6) is -2.37. The Morgan fingerprint density at radius 2 is 1.50 bits per heavy atom. The van der Waals surface area contributed by atoms with E-state index in [0.29, 0.717) is 25.8 Å². The second kappa shape index (κ2) is 20.5. The SMILES string of the molecule is CC(C)C[C@@H](C(=O)NN(CC(C)C)C(=O)CCCN(C)C)[C@H](C/C=C/c1ccccc1)C(=O)NO.Cc1ccc(S(=O)(=O)O)cc1. The van der Waals surface area contributed by atoms with Crippen molar-refractivity contribution in [1.29, 1.82) is 0 Å². The minimum Gasteiger partial charge on any atom is -0.309 e. The predicted molar refractivity (Wildman–Crippen MR) is 180 cm³/mol. The molecule has 0 heterocycles. The summed E-state index contributed by atoms with van der Waals surface area (Å²) in [4.78, 5) is 40.9. The van der Waals surface area contributed by atoms with E-state index in [-0.39, 0.29) is 35.0 Å². The molecule has 46 heavy (non-hydrogen) atoms. The summed E-state index contributed by atoms with van der Waals surface area (Å²) in [5.41, 5.74) is 6.47. The summed E-state index contributed by atoms with van der Waals surface area (Å²) in [5, 5.41) is 10.8. The summed E-state index contributed by atoms with van der Waals surface area (Å²) in [6, 6.07) is 15.6. The van der Waals surface area contributed by atoms with Crippen LogP contribution in [0, 0.1) is 30.6 Å². The Kier molecular flexibility index (Phi) is 18.0. The van der Waals surface area contributed by atoms with Crippen LogP contribution in [-0.2, 0) is 24.5 Å². The second-order valence-electron chi connectivity index (χ2n) is 12.4. The molecule has 0 saturated carbocycles. The maximum Gasteiger partial charge on any atom is 0.294 e. The van der Waals surface area contributed by atoms with Gasteiger partial charge in [-0.2, -0.15) is 8.42 Å². The molecule has 0 radical (unpaired) electrons. The van der Waals surface area contributed by atoms with Crippen LogP contribution in [0.15, 0.2) is 65.6 Å². The number of hydroxylamine groups is 1. The van der Waals surface area contributed by atoms with E-state index >= 15 is 0 Å². The molecule has 11 nitrogen and oxygen atoms in total. The third kappa shape index (κ3) is 16.1. The average Bonchev–Trinajstić information content (AvgIpc) is 2.97. The fraction of sp³-hybridized carbons (Fsp3) is 0.500. The molecule has 0 aromatic heterocycles. The molecule has 0 bridgehead atoms. The van der Waals surface area contributed by atoms with Gasteiger partial charge in [0.15, 0.2) is 0 Å². The third-order valence-electron chi connectivity index (χ3n) is 6.90. The van der Waals surface area contributed by atoms with Gasteiger partial charge in [0.25, 0.3) is 10.1 Å². The van der Waals surface area contributed by atoms with Gasteiger partial charge in [-0.1, -0.05) is 87.9 Å². The number of aryl methyl sites for hydroxylation is 1. The number of carbonyl (C=O) groups is 3. The predicted octanol–water partition coefficient (Wildman–Crippen LogP) is 4.97. The van der Waals surface area contributed by atoms with E-state index in [1.807, 2.05) is 96.1 Å². The first kappa shape index (κ1) is 40.4. The summed E-state index contributed by atoms with van der Waals surface area (Å²) in [7, 11) is -0.116. The molecular weight excluding hydrogens is 608 g/mol. The van der Waals surface area contributed by atoms with Gasteiger partial charge in [-0.25, -0.2) is 5.48 Å². The number of rotatable bonds is 15. The molecule has 0 aliphatic rings. The largest absolute Gasteiger partial charge is 0.309 e. The van der Waals surface area contributed by atoms with Crippen molar-refractivity contribution in [2.45, 2.75) is 65.2 Å². The minimum absolute atomic E-state index is 0.0666. The fourth-order valence-corrected chi connectivity index (χ4v) is 5.08. The third-order valence-corrected chi connectivity index (χ3v) is 7.77. The van der Waals surface area contributed by atoms with Crippen molar-refractivity contribution < 1.29 is 32.6 Å². The summed E-state index contributed by atoms with van der Waals surface area (Å²) in [6.45, 7) is 10.9. The van der Waals surface area contributed by atoms with Crippen molar-refractivity contribution in [2.24, 2.45) is 23.7 Å². The Morgan fingerprint density at radius 1 is 0.891 bits per heavy atom. The number of hydrazine groups is 1. The van der Waals surface area contributed by atoms with Crippen molar-refractivity contribution in [3.05, 3.63) is 71.8 Å². The molecule has 0 saturated heterocycles. The highest BCUT2D eigenvalue weighted by molar-refractivity contribution is 7.85. The highest BCUT2D eigenvalue weighted by Crippen LogP contribution is 2.26. The topological polar surface area (TPSA) is 156 Å². The van der Waals surface area contributed by atoms with Crippen molar-refractivity contribution in [1.82, 2.24) is 20.8 Å². The molecule has 2 aromatic rings. The molecule has 0 fully saturated rings. The number of benzene rings is 2. The van der Waals surface area contributed by atoms with Gasteiger partial charge in [-0.15, -0.1) is 0 Å². The molecular formula is C34H52N4O7S. The highest BCUT2D eigenvalue weighted by Gasteiger charge is 2.35. The zero-order valence-electron chi connectivity index (χ0n) is 28.1. The van der Waals surface area contributed by atoms with Gasteiger partial charge in [-0.3, -0.25) is 34.6 Å². The molecule has 12 heteroatoms. The zero-order chi connectivity index (χ0) is 34.9. The van der Waals surface area contributed by atoms with E-state index in [1.54, 1.807) is 17.6 Å². The van der Waals surface area contributed by atoms with Gasteiger partial charge in [0, 0.05) is 13.0 Å². The Bertz CT molecular complexity index is 1350. The lowest BCUT2D eigenvalue weighted by Gasteiger charge is -2.30. The number of hydrogen-bond donors (Lipinski definition) is 4. The molecule has 0 aliphatic heterocycles. The van der Waals surface area contributed by atoms with Crippen LogP contribution in [0.5, 0.6) is 0 Å². The number of hydrogen-bond acceptors (Lipinski definition) is 7. The van der Waals surface area contributed by atoms with Crippen molar-refractivity contribution in [3.63, 3.8) is 0 Å². The maximum atomic E-state index is 13.5. The lowest BCUT2D eigenvalue weighted by Crippen LogP contribution is -2.52. The maximum absolute atomic E-state index is 13.5. The summed E-state index contributed by atoms with van der Waals surface area (Å²) < 4.78 is 29.6. The van der Waals surface area contributed by atoms with Crippen molar-refractivity contribution in [3.8, 4) is 0 Å². The first-order chi connectivity index (χ1) is 21.5. The summed E-state index contributed by atoms with van der Waals surface area (Å²) >= 11 is 0. The second-order valence-corrected chi connectivity index (χ2v) is 13.9. The highest BCUT2D eigenvalue weighted by atomic mass is 32.2. The number of carbonyl (C=O) groups excluding carboxylic acids is 3. The molecule has 256 valence electrons. The molecule has 0 unspecified atom stereocenters. The Morgan fingerprint density at radius 3 is 2.00 bits per heavy atom. The van der Waals surface area contributed by atoms with Crippen molar-refractivity contribution in [2.75, 3.05) is 27.2 Å². The van der Waals surface area contributed by atoms with E-state index < -0.39 is 27.9 Å². The Labute approximate surface area is 274 Å². The molecule has 4 N–H and O–H groups in total. The van der Waals surface area contributed by atoms with Crippen molar-refractivity contribution >= 4 is 33.9 Å². The minimum atomic E-state index is -4.02. The standard InChI is InChI=1S/C27H44N4O4.C7H8O3S/c1-20(2)18-24(23(27(34)29-35)15-10-14-22-12-8-7-9-13-22)26(33)28-31(19-21(3)4)25(32)16-11-17-30(5)6;1-6-2-4-7(5-3-6)11(8,9)10/h7-10,12-14,20-21,23-24,35H,11,15-19H2,1-6H3,(H,28,33)(H,29,34);2-5H,1H3,(H,8,9,10)/b14-10+;/t23-,24+;/m0./s1. The van der Waals surface area contributed by atoms with Crippen LogP contribution in [0.4, 0.5) is 0 Å². The lowest BCUT2D eigenvalue weighted by molar-refractivity contribution is -0.148. The quantitative estimate of drug-likeness (QED) is 0.119. The van der Waals surface area contributed by atoms with Gasteiger partial charge in [0.05, 0.1) is 16.7 Å². The van der Waals surface area contributed by atoms with Gasteiger partial charge in [0.1, 0.15) is 0 Å². The van der Waals surface area contributed by atoms with Gasteiger partial charge in [-0.05, 0) is 76.4 Å². The van der Waals surface area contributed by atoms with Gasteiger partial charge in [0.2, 0.25) is 17.7 Å². The van der Waals surface area contributed by atoms with E-state index in [0.717, 1.165) is 17.7 Å². The first-order valence-electron chi connectivity index (χ1n) is 15.5. The van der Waals surface area contributed by atoms with Crippen LogP contribution >= 0.6 is 0 Å². The normalized spacial score (nSPS) is 12.9. The number of allylic oxidation sites excluding steroid dienone is 1.